The molecule has 3 rings (SSSR count). The molecule has 1 N–H and O–H groups in total. The first-order valence-electron chi connectivity index (χ1n) is 7.52. The quantitative estimate of drug-likeness (QED) is 0.918. The number of amides is 1. The molecule has 1 amide bonds. The monoisotopic (exact) mass is 317 g/mol. The van der Waals surface area contributed by atoms with Gasteiger partial charge in [-0.25, -0.2) is 0 Å². The summed E-state index contributed by atoms with van der Waals surface area (Å²) < 4.78 is 5.36. The van der Waals surface area contributed by atoms with E-state index in [1.807, 2.05) is 37.3 Å². The van der Waals surface area contributed by atoms with Crippen molar-refractivity contribution in [3.05, 3.63) is 47.6 Å². The van der Waals surface area contributed by atoms with Gasteiger partial charge in [0.15, 0.2) is 5.82 Å². The van der Waals surface area contributed by atoms with E-state index >= 15 is 0 Å². The van der Waals surface area contributed by atoms with Gasteiger partial charge in [0.1, 0.15) is 0 Å². The van der Waals surface area contributed by atoms with Crippen molar-refractivity contribution in [2.45, 2.75) is 36.7 Å². The summed E-state index contributed by atoms with van der Waals surface area (Å²) in [5.41, 5.74) is 1.15. The molecular formula is C16H19N3O2S. The summed E-state index contributed by atoms with van der Waals surface area (Å²) in [6.45, 7) is 2.79. The highest BCUT2D eigenvalue weighted by molar-refractivity contribution is 8.00. The first-order valence-corrected chi connectivity index (χ1v) is 8.46. The average molecular weight is 317 g/mol. The third-order valence-corrected chi connectivity index (χ3v) is 5.03. The van der Waals surface area contributed by atoms with Gasteiger partial charge in [0, 0.05) is 13.0 Å². The number of nitrogens with one attached hydrogen (secondary N) is 1. The number of aromatic nitrogens is 2. The number of nitrogens with zero attached hydrogens (tertiary/aromatic N) is 2. The Morgan fingerprint density at radius 1 is 1.41 bits per heavy atom. The van der Waals surface area contributed by atoms with Gasteiger partial charge >= 0.3 is 0 Å². The summed E-state index contributed by atoms with van der Waals surface area (Å²) in [6, 6.07) is 10.1. The van der Waals surface area contributed by atoms with Crippen LogP contribution < -0.4 is 5.32 Å². The highest BCUT2D eigenvalue weighted by Crippen LogP contribution is 2.33. The lowest BCUT2D eigenvalue weighted by molar-refractivity contribution is -0.121. The minimum Gasteiger partial charge on any atom is -0.355 e. The van der Waals surface area contributed by atoms with Crippen LogP contribution in [0.15, 0.2) is 34.9 Å². The van der Waals surface area contributed by atoms with Gasteiger partial charge in [-0.3, -0.25) is 4.79 Å². The summed E-state index contributed by atoms with van der Waals surface area (Å²) in [6.07, 6.45) is 2.59. The minimum absolute atomic E-state index is 0.0193. The highest BCUT2D eigenvalue weighted by Gasteiger charge is 2.27. The van der Waals surface area contributed by atoms with E-state index in [9.17, 15) is 4.79 Å². The second-order valence-corrected chi connectivity index (χ2v) is 6.96. The Morgan fingerprint density at radius 3 is 3.00 bits per heavy atom. The molecule has 1 aliphatic rings. The normalized spacial score (nSPS) is 19.7. The number of piperidine rings is 1. The molecule has 116 valence electrons. The number of hydrogen-bond acceptors (Lipinski definition) is 5. The van der Waals surface area contributed by atoms with Crippen LogP contribution in [0, 0.1) is 0 Å². The molecule has 5 nitrogen and oxygen atoms in total. The Kier molecular flexibility index (Phi) is 4.77. The molecule has 1 fully saturated rings. The van der Waals surface area contributed by atoms with Gasteiger partial charge in [0.2, 0.25) is 11.8 Å². The molecule has 1 aliphatic heterocycles. The van der Waals surface area contributed by atoms with Crippen LogP contribution in [0.1, 0.15) is 42.3 Å². The summed E-state index contributed by atoms with van der Waals surface area (Å²) in [7, 11) is 0. The van der Waals surface area contributed by atoms with Gasteiger partial charge in [-0.1, -0.05) is 35.5 Å². The minimum atomic E-state index is -0.0202. The third-order valence-electron chi connectivity index (χ3n) is 3.64. The molecule has 1 saturated heterocycles. The average Bonchev–Trinajstić information content (AvgIpc) is 2.99. The Morgan fingerprint density at radius 2 is 2.23 bits per heavy atom. The van der Waals surface area contributed by atoms with E-state index in [1.54, 1.807) is 11.8 Å². The van der Waals surface area contributed by atoms with Crippen molar-refractivity contribution in [3.63, 3.8) is 0 Å². The standard InChI is InChI=1S/C16H19N3O2S/c1-11(22-13-8-5-9-17-15(13)20)16-18-14(19-21-16)10-12-6-3-2-4-7-12/h2-4,6-7,11,13H,5,8-10H2,1H3,(H,17,20). The van der Waals surface area contributed by atoms with Crippen LogP contribution in [0.2, 0.25) is 0 Å². The smallest absolute Gasteiger partial charge is 0.239 e. The van der Waals surface area contributed by atoms with Crippen LogP contribution in [-0.2, 0) is 11.2 Å². The topological polar surface area (TPSA) is 68.0 Å². The van der Waals surface area contributed by atoms with Gasteiger partial charge in [-0.05, 0) is 25.3 Å². The molecule has 0 radical (unpaired) electrons. The van der Waals surface area contributed by atoms with E-state index in [2.05, 4.69) is 15.5 Å². The predicted octanol–water partition coefficient (Wildman–Crippen LogP) is 2.73. The summed E-state index contributed by atoms with van der Waals surface area (Å²) in [5.74, 6) is 1.39. The number of carbonyl (C=O) groups excluding carboxylic acids is 1. The molecule has 0 bridgehead atoms. The Bertz CT molecular complexity index is 629. The lowest BCUT2D eigenvalue weighted by atomic mass is 10.1. The Labute approximate surface area is 133 Å². The van der Waals surface area contributed by atoms with Crippen molar-refractivity contribution in [3.8, 4) is 0 Å². The molecule has 1 aromatic heterocycles. The summed E-state index contributed by atoms with van der Waals surface area (Å²) >= 11 is 1.59. The largest absolute Gasteiger partial charge is 0.355 e. The first-order chi connectivity index (χ1) is 10.7. The van der Waals surface area contributed by atoms with Crippen molar-refractivity contribution < 1.29 is 9.32 Å². The number of benzene rings is 1. The molecule has 0 aliphatic carbocycles. The number of carbonyl (C=O) groups is 1. The van der Waals surface area contributed by atoms with Crippen molar-refractivity contribution in [2.24, 2.45) is 0 Å². The van der Waals surface area contributed by atoms with E-state index in [0.29, 0.717) is 18.1 Å². The fourth-order valence-corrected chi connectivity index (χ4v) is 3.68. The molecule has 6 heteroatoms. The summed E-state index contributed by atoms with van der Waals surface area (Å²) in [5, 5.41) is 6.94. The zero-order valence-electron chi connectivity index (χ0n) is 12.5. The van der Waals surface area contributed by atoms with E-state index in [4.69, 9.17) is 4.52 Å². The van der Waals surface area contributed by atoms with Gasteiger partial charge < -0.3 is 9.84 Å². The molecule has 1 aromatic carbocycles. The maximum absolute atomic E-state index is 11.8. The Balaban J connectivity index is 1.61. The van der Waals surface area contributed by atoms with Crippen LogP contribution in [-0.4, -0.2) is 27.8 Å². The Hall–Kier alpha value is -1.82. The van der Waals surface area contributed by atoms with Crippen LogP contribution >= 0.6 is 11.8 Å². The maximum atomic E-state index is 11.8. The molecule has 2 unspecified atom stereocenters. The maximum Gasteiger partial charge on any atom is 0.239 e. The van der Waals surface area contributed by atoms with Crippen molar-refractivity contribution in [2.75, 3.05) is 6.54 Å². The SMILES string of the molecule is CC(SC1CCCNC1=O)c1nc(Cc2ccccc2)no1. The zero-order valence-corrected chi connectivity index (χ0v) is 13.3. The van der Waals surface area contributed by atoms with Gasteiger partial charge in [0.05, 0.1) is 10.5 Å². The van der Waals surface area contributed by atoms with E-state index in [1.165, 1.54) is 0 Å². The molecule has 0 saturated carbocycles. The van der Waals surface area contributed by atoms with E-state index < -0.39 is 0 Å². The van der Waals surface area contributed by atoms with Crippen LogP contribution in [0.25, 0.3) is 0 Å². The van der Waals surface area contributed by atoms with Gasteiger partial charge in [-0.2, -0.15) is 4.98 Å². The highest BCUT2D eigenvalue weighted by atomic mass is 32.2. The second kappa shape index (κ2) is 6.96. The lowest BCUT2D eigenvalue weighted by Gasteiger charge is -2.22. The van der Waals surface area contributed by atoms with E-state index in [-0.39, 0.29) is 16.4 Å². The number of thioether (sulfide) groups is 1. The van der Waals surface area contributed by atoms with Crippen molar-refractivity contribution in [1.82, 2.24) is 15.5 Å². The number of rotatable bonds is 5. The fourth-order valence-electron chi connectivity index (χ4n) is 2.46. The van der Waals surface area contributed by atoms with Crippen molar-refractivity contribution in [1.29, 1.82) is 0 Å². The molecule has 2 atom stereocenters. The fraction of sp³-hybridized carbons (Fsp3) is 0.438. The molecule has 0 spiro atoms. The first kappa shape index (κ1) is 15.1. The predicted molar refractivity (Wildman–Crippen MR) is 85.6 cm³/mol. The zero-order chi connectivity index (χ0) is 15.4. The van der Waals surface area contributed by atoms with E-state index in [0.717, 1.165) is 24.9 Å². The van der Waals surface area contributed by atoms with Crippen molar-refractivity contribution >= 4 is 17.7 Å². The molecule has 22 heavy (non-hydrogen) atoms. The molecular weight excluding hydrogens is 298 g/mol. The molecule has 2 aromatic rings. The lowest BCUT2D eigenvalue weighted by Crippen LogP contribution is -2.38. The second-order valence-electron chi connectivity index (χ2n) is 5.41. The molecule has 2 heterocycles. The summed E-state index contributed by atoms with van der Waals surface area (Å²) in [4.78, 5) is 16.3. The van der Waals surface area contributed by atoms with Crippen LogP contribution in [0.3, 0.4) is 0 Å². The third kappa shape index (κ3) is 3.68. The van der Waals surface area contributed by atoms with Gasteiger partial charge in [-0.15, -0.1) is 11.8 Å². The van der Waals surface area contributed by atoms with Crippen LogP contribution in [0.4, 0.5) is 0 Å². The van der Waals surface area contributed by atoms with Crippen LogP contribution in [0.5, 0.6) is 0 Å². The number of hydrogen-bond donors (Lipinski definition) is 1. The van der Waals surface area contributed by atoms with Gasteiger partial charge in [0.25, 0.3) is 0 Å².